The molecule has 5 nitrogen and oxygen atoms in total. The molecule has 1 N–H and O–H groups in total. The number of halogens is 1. The molecule has 1 aliphatic rings. The quantitative estimate of drug-likeness (QED) is 0.881. The molecule has 16 heavy (non-hydrogen) atoms. The summed E-state index contributed by atoms with van der Waals surface area (Å²) < 4.78 is 5.95. The lowest BCUT2D eigenvalue weighted by atomic mass is 10.4. The fraction of sp³-hybridized carbons (Fsp3) is 0.600. The van der Waals surface area contributed by atoms with Crippen molar-refractivity contribution in [3.63, 3.8) is 0 Å². The Morgan fingerprint density at radius 3 is 3.12 bits per heavy atom. The van der Waals surface area contributed by atoms with Crippen LogP contribution in [0.25, 0.3) is 0 Å². The minimum atomic E-state index is 0.585. The summed E-state index contributed by atoms with van der Waals surface area (Å²) in [6.07, 6.45) is 2.85. The third-order valence-electron chi connectivity index (χ3n) is 2.52. The van der Waals surface area contributed by atoms with E-state index in [4.69, 9.17) is 4.74 Å². The smallest absolute Gasteiger partial charge is 0.232 e. The molecular formula is C10H15BrN4O. The molecule has 0 aromatic carbocycles. The Bertz CT molecular complexity index is 353. The molecule has 1 saturated heterocycles. The summed E-state index contributed by atoms with van der Waals surface area (Å²) >= 11 is 3.35. The van der Waals surface area contributed by atoms with Gasteiger partial charge in [-0.25, -0.2) is 4.98 Å². The SMILES string of the molecule is COc1nc(N2CCCNCC2)ncc1Br. The van der Waals surface area contributed by atoms with Crippen molar-refractivity contribution >= 4 is 21.9 Å². The van der Waals surface area contributed by atoms with E-state index in [2.05, 4.69) is 36.1 Å². The molecule has 1 aliphatic heterocycles. The Morgan fingerprint density at radius 2 is 2.31 bits per heavy atom. The molecule has 2 heterocycles. The van der Waals surface area contributed by atoms with Gasteiger partial charge in [0.1, 0.15) is 0 Å². The predicted octanol–water partition coefficient (Wildman–Crippen LogP) is 1.05. The van der Waals surface area contributed by atoms with Crippen LogP contribution in [0, 0.1) is 0 Å². The molecule has 0 atom stereocenters. The van der Waals surface area contributed by atoms with E-state index in [9.17, 15) is 0 Å². The molecule has 0 radical (unpaired) electrons. The number of ether oxygens (including phenoxy) is 1. The molecular weight excluding hydrogens is 272 g/mol. The topological polar surface area (TPSA) is 50.3 Å². The van der Waals surface area contributed by atoms with Crippen LogP contribution in [0.4, 0.5) is 5.95 Å². The largest absolute Gasteiger partial charge is 0.480 e. The fourth-order valence-electron chi connectivity index (χ4n) is 1.68. The highest BCUT2D eigenvalue weighted by molar-refractivity contribution is 9.10. The maximum Gasteiger partial charge on any atom is 0.232 e. The second-order valence-corrected chi connectivity index (χ2v) is 4.47. The molecule has 0 saturated carbocycles. The number of nitrogens with zero attached hydrogens (tertiary/aromatic N) is 3. The van der Waals surface area contributed by atoms with E-state index in [-0.39, 0.29) is 0 Å². The number of nitrogens with one attached hydrogen (secondary N) is 1. The fourth-order valence-corrected chi connectivity index (χ4v) is 2.04. The van der Waals surface area contributed by atoms with Gasteiger partial charge in [-0.1, -0.05) is 0 Å². The van der Waals surface area contributed by atoms with E-state index >= 15 is 0 Å². The van der Waals surface area contributed by atoms with Crippen molar-refractivity contribution in [3.8, 4) is 5.88 Å². The van der Waals surface area contributed by atoms with Crippen LogP contribution in [0.5, 0.6) is 5.88 Å². The van der Waals surface area contributed by atoms with Gasteiger partial charge >= 0.3 is 0 Å². The lowest BCUT2D eigenvalue weighted by Gasteiger charge is -2.20. The minimum Gasteiger partial charge on any atom is -0.480 e. The van der Waals surface area contributed by atoms with Crippen LogP contribution in [0.2, 0.25) is 0 Å². The van der Waals surface area contributed by atoms with Gasteiger partial charge in [-0.05, 0) is 28.9 Å². The van der Waals surface area contributed by atoms with Crippen LogP contribution in [-0.4, -0.2) is 43.3 Å². The molecule has 6 heteroatoms. The maximum atomic E-state index is 5.17. The van der Waals surface area contributed by atoms with Crippen molar-refractivity contribution in [2.45, 2.75) is 6.42 Å². The molecule has 1 aromatic heterocycles. The van der Waals surface area contributed by atoms with E-state index in [1.165, 1.54) is 0 Å². The van der Waals surface area contributed by atoms with Crippen LogP contribution in [0.1, 0.15) is 6.42 Å². The highest BCUT2D eigenvalue weighted by atomic mass is 79.9. The van der Waals surface area contributed by atoms with Gasteiger partial charge in [0.05, 0.1) is 17.8 Å². The number of aromatic nitrogens is 2. The molecule has 0 bridgehead atoms. The molecule has 0 aliphatic carbocycles. The second kappa shape index (κ2) is 5.45. The highest BCUT2D eigenvalue weighted by Crippen LogP contribution is 2.23. The summed E-state index contributed by atoms with van der Waals surface area (Å²) in [5, 5.41) is 3.35. The number of hydrogen-bond acceptors (Lipinski definition) is 5. The maximum absolute atomic E-state index is 5.17. The Hall–Kier alpha value is -0.880. The molecule has 1 fully saturated rings. The van der Waals surface area contributed by atoms with Gasteiger partial charge in [0.15, 0.2) is 0 Å². The van der Waals surface area contributed by atoms with Gasteiger partial charge in [-0.3, -0.25) is 0 Å². The van der Waals surface area contributed by atoms with Crippen molar-refractivity contribution in [1.29, 1.82) is 0 Å². The van der Waals surface area contributed by atoms with Crippen LogP contribution < -0.4 is 15.0 Å². The zero-order valence-corrected chi connectivity index (χ0v) is 10.8. The first-order chi connectivity index (χ1) is 7.81. The second-order valence-electron chi connectivity index (χ2n) is 3.62. The van der Waals surface area contributed by atoms with E-state index in [0.29, 0.717) is 5.88 Å². The van der Waals surface area contributed by atoms with Gasteiger partial charge in [0.2, 0.25) is 11.8 Å². The number of hydrogen-bond donors (Lipinski definition) is 1. The number of anilines is 1. The van der Waals surface area contributed by atoms with Crippen molar-refractivity contribution < 1.29 is 4.74 Å². The van der Waals surface area contributed by atoms with Gasteiger partial charge in [-0.2, -0.15) is 4.98 Å². The van der Waals surface area contributed by atoms with Crippen molar-refractivity contribution in [2.24, 2.45) is 0 Å². The summed E-state index contributed by atoms with van der Waals surface area (Å²) in [5.41, 5.74) is 0. The number of methoxy groups -OCH3 is 1. The van der Waals surface area contributed by atoms with Crippen LogP contribution in [-0.2, 0) is 0 Å². The lowest BCUT2D eigenvalue weighted by Crippen LogP contribution is -2.29. The normalized spacial score (nSPS) is 17.0. The zero-order valence-electron chi connectivity index (χ0n) is 9.24. The van der Waals surface area contributed by atoms with Gasteiger partial charge in [0, 0.05) is 19.6 Å². The summed E-state index contributed by atoms with van der Waals surface area (Å²) in [4.78, 5) is 10.9. The van der Waals surface area contributed by atoms with E-state index < -0.39 is 0 Å². The molecule has 1 aromatic rings. The molecule has 0 spiro atoms. The van der Waals surface area contributed by atoms with Crippen LogP contribution >= 0.6 is 15.9 Å². The summed E-state index contributed by atoms with van der Waals surface area (Å²) in [6.45, 7) is 3.95. The standard InChI is InChI=1S/C10H15BrN4O/c1-16-9-8(11)7-13-10(14-9)15-5-2-3-12-4-6-15/h7,12H,2-6H2,1H3. The van der Waals surface area contributed by atoms with Gasteiger partial charge < -0.3 is 15.0 Å². The zero-order chi connectivity index (χ0) is 11.4. The molecule has 2 rings (SSSR count). The van der Waals surface area contributed by atoms with Crippen molar-refractivity contribution in [2.75, 3.05) is 38.2 Å². The third kappa shape index (κ3) is 2.62. The minimum absolute atomic E-state index is 0.585. The Kier molecular flexibility index (Phi) is 3.95. The third-order valence-corrected chi connectivity index (χ3v) is 3.06. The summed E-state index contributed by atoms with van der Waals surface area (Å²) in [6, 6.07) is 0. The van der Waals surface area contributed by atoms with Crippen molar-refractivity contribution in [3.05, 3.63) is 10.7 Å². The van der Waals surface area contributed by atoms with Gasteiger partial charge in [-0.15, -0.1) is 0 Å². The molecule has 0 amide bonds. The molecule has 88 valence electrons. The Labute approximate surface area is 103 Å². The summed E-state index contributed by atoms with van der Waals surface area (Å²) in [5.74, 6) is 1.32. The number of rotatable bonds is 2. The average molecular weight is 287 g/mol. The Morgan fingerprint density at radius 1 is 1.44 bits per heavy atom. The van der Waals surface area contributed by atoms with E-state index in [1.54, 1.807) is 13.3 Å². The van der Waals surface area contributed by atoms with E-state index in [1.807, 2.05) is 0 Å². The summed E-state index contributed by atoms with van der Waals surface area (Å²) in [7, 11) is 1.61. The average Bonchev–Trinajstić information content (AvgIpc) is 2.58. The van der Waals surface area contributed by atoms with E-state index in [0.717, 1.165) is 43.0 Å². The lowest BCUT2D eigenvalue weighted by molar-refractivity contribution is 0.393. The first-order valence-electron chi connectivity index (χ1n) is 5.33. The molecule has 0 unspecified atom stereocenters. The van der Waals surface area contributed by atoms with Crippen LogP contribution in [0.3, 0.4) is 0 Å². The highest BCUT2D eigenvalue weighted by Gasteiger charge is 2.14. The first kappa shape index (κ1) is 11.6. The first-order valence-corrected chi connectivity index (χ1v) is 6.13. The Balaban J connectivity index is 2.18. The van der Waals surface area contributed by atoms with Gasteiger partial charge in [0.25, 0.3) is 0 Å². The predicted molar refractivity (Wildman–Crippen MR) is 66.0 cm³/mol. The monoisotopic (exact) mass is 286 g/mol. The van der Waals surface area contributed by atoms with Crippen LogP contribution in [0.15, 0.2) is 10.7 Å². The van der Waals surface area contributed by atoms with Crippen molar-refractivity contribution in [1.82, 2.24) is 15.3 Å².